The number of rotatable bonds is 7. The second-order valence-corrected chi connectivity index (χ2v) is 17.3. The maximum atomic E-state index is 2.63. The largest absolute Gasteiger partial charge is 1.00 e. The molecule has 4 aromatic rings. The molecule has 0 spiro atoms. The predicted molar refractivity (Wildman–Crippen MR) is 188 cm³/mol. The van der Waals surface area contributed by atoms with Gasteiger partial charge in [0.05, 0.1) is 0 Å². The zero-order valence-corrected chi connectivity index (χ0v) is 32.8. The van der Waals surface area contributed by atoms with Crippen molar-refractivity contribution in [2.45, 2.75) is 95.5 Å². The molecule has 238 valence electrons. The van der Waals surface area contributed by atoms with Crippen molar-refractivity contribution in [2.24, 2.45) is 0 Å². The number of halogens is 2. The van der Waals surface area contributed by atoms with Gasteiger partial charge in [0.25, 0.3) is 0 Å². The Hall–Kier alpha value is -2.18. The summed E-state index contributed by atoms with van der Waals surface area (Å²) >= 11 is -0.804. The second kappa shape index (κ2) is 14.5. The van der Waals surface area contributed by atoms with Crippen LogP contribution in [0.3, 0.4) is 0 Å². The molecule has 0 aromatic heterocycles. The van der Waals surface area contributed by atoms with Gasteiger partial charge >= 0.3 is 280 Å². The molecular weight excluding hydrogens is 679 g/mol. The zero-order valence-electron chi connectivity index (χ0n) is 28.8. The first-order valence-electron chi connectivity index (χ1n) is 16.6. The third-order valence-electron chi connectivity index (χ3n) is 9.54. The number of hydrogen-bond acceptors (Lipinski definition) is 0. The third-order valence-corrected chi connectivity index (χ3v) is 12.1. The number of allylic oxidation sites excluding steroid dienone is 4. The Morgan fingerprint density at radius 3 is 1.96 bits per heavy atom. The summed E-state index contributed by atoms with van der Waals surface area (Å²) in [5.41, 5.74) is 18.0. The van der Waals surface area contributed by atoms with Crippen molar-refractivity contribution >= 4 is 3.27 Å². The van der Waals surface area contributed by atoms with E-state index in [1.807, 2.05) is 0 Å². The van der Waals surface area contributed by atoms with Crippen molar-refractivity contribution < 1.29 is 48.0 Å². The second-order valence-electron chi connectivity index (χ2n) is 14.8. The molecule has 0 radical (unpaired) electrons. The van der Waals surface area contributed by atoms with Crippen molar-refractivity contribution in [3.05, 3.63) is 124 Å². The van der Waals surface area contributed by atoms with Crippen molar-refractivity contribution in [2.75, 3.05) is 0 Å². The molecule has 0 aliphatic heterocycles. The molecule has 6 rings (SSSR count). The average Bonchev–Trinajstić information content (AvgIpc) is 3.62. The van der Waals surface area contributed by atoms with Crippen LogP contribution in [0.4, 0.5) is 0 Å². The molecule has 3 heteroatoms. The molecule has 1 unspecified atom stereocenters. The first kappa shape index (κ1) is 36.7. The van der Waals surface area contributed by atoms with Gasteiger partial charge in [0.2, 0.25) is 0 Å². The molecule has 0 N–H and O–H groups in total. The van der Waals surface area contributed by atoms with Crippen LogP contribution in [0.25, 0.3) is 33.4 Å². The van der Waals surface area contributed by atoms with E-state index in [1.54, 1.807) is 14.4 Å². The van der Waals surface area contributed by atoms with Gasteiger partial charge in [-0.3, -0.25) is 0 Å². The fourth-order valence-electron chi connectivity index (χ4n) is 7.59. The topological polar surface area (TPSA) is 0 Å². The summed E-state index contributed by atoms with van der Waals surface area (Å²) in [6.45, 7) is 16.8. The van der Waals surface area contributed by atoms with E-state index in [2.05, 4.69) is 144 Å². The van der Waals surface area contributed by atoms with Crippen molar-refractivity contribution in [3.8, 4) is 33.4 Å². The van der Waals surface area contributed by atoms with Gasteiger partial charge in [0, 0.05) is 0 Å². The van der Waals surface area contributed by atoms with Gasteiger partial charge in [-0.25, -0.2) is 0 Å². The third kappa shape index (κ3) is 6.86. The SMILES string of the molecule is CCCCC1=CC(c2c3c(cc(-c4ccccc4)c2C(C)(C)C)Cc2c-3cc(C(C)(C)C)c(-c3ccccc3)[c]2[Zr+2][CH3])C=C1.[Cl-].[Cl-]. The number of benzene rings is 4. The first-order chi connectivity index (χ1) is 21.0. The Kier molecular flexibility index (Phi) is 11.6. The van der Waals surface area contributed by atoms with Gasteiger partial charge in [-0.05, 0) is 0 Å². The summed E-state index contributed by atoms with van der Waals surface area (Å²) in [5, 5.41) is 0. The van der Waals surface area contributed by atoms with Crippen LogP contribution in [0.1, 0.15) is 101 Å². The minimum atomic E-state index is -0.804. The molecule has 0 heterocycles. The van der Waals surface area contributed by atoms with Gasteiger partial charge in [0.1, 0.15) is 0 Å². The van der Waals surface area contributed by atoms with Gasteiger partial charge in [-0.1, -0.05) is 0 Å². The predicted octanol–water partition coefficient (Wildman–Crippen LogP) is 5.72. The summed E-state index contributed by atoms with van der Waals surface area (Å²) in [5.74, 6) is 0.302. The van der Waals surface area contributed by atoms with Crippen molar-refractivity contribution in [1.29, 1.82) is 0 Å². The van der Waals surface area contributed by atoms with Crippen LogP contribution in [-0.2, 0) is 40.5 Å². The zero-order chi connectivity index (χ0) is 31.2. The minimum Gasteiger partial charge on any atom is -1.00 e. The van der Waals surface area contributed by atoms with Crippen LogP contribution in [0.15, 0.2) is 96.6 Å². The Labute approximate surface area is 302 Å². The van der Waals surface area contributed by atoms with Gasteiger partial charge in [-0.15, -0.1) is 0 Å². The van der Waals surface area contributed by atoms with Crippen LogP contribution < -0.4 is 28.1 Å². The molecule has 1 atom stereocenters. The Bertz CT molecular complexity index is 1750. The van der Waals surface area contributed by atoms with E-state index in [-0.39, 0.29) is 35.6 Å². The molecule has 0 fully saturated rings. The normalized spacial score (nSPS) is 15.0. The van der Waals surface area contributed by atoms with Crippen LogP contribution in [0.5, 0.6) is 0 Å². The summed E-state index contributed by atoms with van der Waals surface area (Å²) in [4.78, 5) is 0. The fourth-order valence-corrected chi connectivity index (χ4v) is 10.2. The van der Waals surface area contributed by atoms with Crippen LogP contribution in [0, 0.1) is 0 Å². The maximum absolute atomic E-state index is 2.63. The molecule has 0 amide bonds. The van der Waals surface area contributed by atoms with E-state index in [1.165, 1.54) is 74.9 Å². The van der Waals surface area contributed by atoms with E-state index in [9.17, 15) is 0 Å². The number of hydrogen-bond donors (Lipinski definition) is 0. The smallest absolute Gasteiger partial charge is 1.00 e. The van der Waals surface area contributed by atoms with E-state index >= 15 is 0 Å². The maximum Gasteiger partial charge on any atom is -1.00 e. The molecule has 0 nitrogen and oxygen atoms in total. The Balaban J connectivity index is 0.00000240. The van der Waals surface area contributed by atoms with Gasteiger partial charge in [0.15, 0.2) is 0 Å². The minimum absolute atomic E-state index is 0. The molecule has 2 aliphatic carbocycles. The van der Waals surface area contributed by atoms with Crippen molar-refractivity contribution in [3.63, 3.8) is 0 Å². The molecule has 0 saturated carbocycles. The quantitative estimate of drug-likeness (QED) is 0.202. The summed E-state index contributed by atoms with van der Waals surface area (Å²) in [6.07, 6.45) is 12.2. The monoisotopic (exact) mass is 724 g/mol. The van der Waals surface area contributed by atoms with Gasteiger partial charge < -0.3 is 24.8 Å². The average molecular weight is 727 g/mol. The first-order valence-corrected chi connectivity index (χ1v) is 20.3. The number of unbranched alkanes of at least 4 members (excludes halogenated alkanes) is 1. The van der Waals surface area contributed by atoms with E-state index < -0.39 is 23.2 Å². The molecule has 2 aliphatic rings. The molecule has 4 aromatic carbocycles. The molecule has 46 heavy (non-hydrogen) atoms. The van der Waals surface area contributed by atoms with Crippen molar-refractivity contribution in [1.82, 2.24) is 0 Å². The molecular formula is C43H48Cl2Zr. The summed E-state index contributed by atoms with van der Waals surface area (Å²) in [7, 11) is 0. The Morgan fingerprint density at radius 2 is 1.39 bits per heavy atom. The van der Waals surface area contributed by atoms with Crippen LogP contribution in [0.2, 0.25) is 4.63 Å². The molecule has 0 saturated heterocycles. The van der Waals surface area contributed by atoms with E-state index in [0.29, 0.717) is 5.92 Å². The van der Waals surface area contributed by atoms with E-state index in [0.717, 1.165) is 6.42 Å². The summed E-state index contributed by atoms with van der Waals surface area (Å²) < 4.78 is 4.23. The summed E-state index contributed by atoms with van der Waals surface area (Å²) in [6, 6.07) is 27.6. The Morgan fingerprint density at radius 1 is 0.761 bits per heavy atom. The van der Waals surface area contributed by atoms with Crippen LogP contribution in [-0.4, -0.2) is 0 Å². The van der Waals surface area contributed by atoms with Crippen LogP contribution >= 0.6 is 0 Å². The standard InChI is InChI=1S/C42H45.CH3.2ClH.Zr/c1-8-9-16-28-21-22-31(23-28)39-38-33(26-36(40(39)42(5,6)7)30-19-14-11-15-20-30)24-32-25-34(29-17-12-10-13-18-29)37(27-35(32)38)41(2,3)4;;;;/h10-15,17-23,26-27,31H,8-9,16,24H2,1-7H3;1H3;2*1H;/q;;;;+2/p-2. The van der Waals surface area contributed by atoms with Gasteiger partial charge in [-0.2, -0.15) is 0 Å². The van der Waals surface area contributed by atoms with E-state index in [4.69, 9.17) is 0 Å². The molecule has 0 bridgehead atoms. The fraction of sp³-hybridized carbons (Fsp3) is 0.349. The number of fused-ring (bicyclic) bond motifs is 3.